The van der Waals surface area contributed by atoms with Crippen molar-refractivity contribution in [1.82, 2.24) is 10.3 Å². The van der Waals surface area contributed by atoms with Crippen LogP contribution in [0.5, 0.6) is 0 Å². The van der Waals surface area contributed by atoms with Gasteiger partial charge in [-0.25, -0.2) is 13.8 Å². The third-order valence-electron chi connectivity index (χ3n) is 2.69. The van der Waals surface area contributed by atoms with Crippen molar-refractivity contribution < 1.29 is 8.78 Å². The van der Waals surface area contributed by atoms with E-state index in [1.165, 1.54) is 23.5 Å². The lowest BCUT2D eigenvalue weighted by molar-refractivity contribution is 0.574. The largest absolute Gasteiger partial charge is 0.311 e. The molecule has 2 rings (SSSR count). The summed E-state index contributed by atoms with van der Waals surface area (Å²) in [7, 11) is 0. The number of benzene rings is 1. The number of nitrogens with zero attached hydrogens (tertiary/aromatic N) is 1. The molecule has 19 heavy (non-hydrogen) atoms. The Labute approximate surface area is 115 Å². The first kappa shape index (κ1) is 14.1. The average Bonchev–Trinajstić information content (AvgIpc) is 2.81. The van der Waals surface area contributed by atoms with Crippen molar-refractivity contribution in [3.05, 3.63) is 51.5 Å². The molecule has 0 aliphatic carbocycles. The lowest BCUT2D eigenvalue weighted by atomic mass is 10.1. The maximum Gasteiger partial charge on any atom is 0.129 e. The van der Waals surface area contributed by atoms with Crippen molar-refractivity contribution in [3.8, 4) is 0 Å². The summed E-state index contributed by atoms with van der Waals surface area (Å²) >= 11 is 1.50. The van der Waals surface area contributed by atoms with E-state index in [2.05, 4.69) is 17.2 Å². The Kier molecular flexibility index (Phi) is 4.99. The maximum absolute atomic E-state index is 13.5. The Morgan fingerprint density at radius 3 is 2.89 bits per heavy atom. The molecule has 1 heterocycles. The quantitative estimate of drug-likeness (QED) is 0.820. The van der Waals surface area contributed by atoms with Crippen molar-refractivity contribution in [1.29, 1.82) is 0 Å². The SMILES string of the molecule is CCCNCc1csc(Cc2ccc(F)cc2F)n1. The zero-order valence-corrected chi connectivity index (χ0v) is 11.6. The van der Waals surface area contributed by atoms with E-state index in [0.717, 1.165) is 36.3 Å². The summed E-state index contributed by atoms with van der Waals surface area (Å²) in [6.45, 7) is 3.80. The van der Waals surface area contributed by atoms with Crippen LogP contribution in [0.25, 0.3) is 0 Å². The molecule has 0 atom stereocenters. The van der Waals surface area contributed by atoms with Crippen molar-refractivity contribution >= 4 is 11.3 Å². The highest BCUT2D eigenvalue weighted by atomic mass is 32.1. The van der Waals surface area contributed by atoms with Gasteiger partial charge in [0.05, 0.1) is 10.7 Å². The van der Waals surface area contributed by atoms with Gasteiger partial charge in [-0.2, -0.15) is 0 Å². The average molecular weight is 282 g/mol. The first-order chi connectivity index (χ1) is 9.19. The zero-order valence-electron chi connectivity index (χ0n) is 10.7. The van der Waals surface area contributed by atoms with Crippen LogP contribution < -0.4 is 5.32 Å². The summed E-state index contributed by atoms with van der Waals surface area (Å²) in [6, 6.07) is 3.66. The third kappa shape index (κ3) is 4.08. The number of hydrogen-bond donors (Lipinski definition) is 1. The van der Waals surface area contributed by atoms with Crippen LogP contribution in [0.4, 0.5) is 8.78 Å². The van der Waals surface area contributed by atoms with Crippen LogP contribution in [0.1, 0.15) is 29.6 Å². The molecular weight excluding hydrogens is 266 g/mol. The van der Waals surface area contributed by atoms with Gasteiger partial charge in [0.1, 0.15) is 11.6 Å². The minimum Gasteiger partial charge on any atom is -0.311 e. The van der Waals surface area contributed by atoms with Gasteiger partial charge in [-0.1, -0.05) is 13.0 Å². The van der Waals surface area contributed by atoms with E-state index < -0.39 is 11.6 Å². The first-order valence-corrected chi connectivity index (χ1v) is 7.15. The van der Waals surface area contributed by atoms with E-state index in [4.69, 9.17) is 0 Å². The first-order valence-electron chi connectivity index (χ1n) is 6.27. The fourth-order valence-electron chi connectivity index (χ4n) is 1.73. The molecular formula is C14H16F2N2S. The Bertz CT molecular complexity index is 540. The fourth-order valence-corrected chi connectivity index (χ4v) is 2.55. The highest BCUT2D eigenvalue weighted by molar-refractivity contribution is 7.09. The Hall–Kier alpha value is -1.33. The van der Waals surface area contributed by atoms with Crippen molar-refractivity contribution in [2.45, 2.75) is 26.3 Å². The molecule has 0 amide bonds. The number of aromatic nitrogens is 1. The molecule has 0 unspecified atom stereocenters. The topological polar surface area (TPSA) is 24.9 Å². The van der Waals surface area contributed by atoms with Crippen molar-refractivity contribution in [3.63, 3.8) is 0 Å². The van der Waals surface area contributed by atoms with Crippen LogP contribution in [-0.2, 0) is 13.0 Å². The summed E-state index contributed by atoms with van der Waals surface area (Å²) < 4.78 is 26.3. The number of hydrogen-bond acceptors (Lipinski definition) is 3. The molecule has 2 nitrogen and oxygen atoms in total. The van der Waals surface area contributed by atoms with Crippen LogP contribution in [0.2, 0.25) is 0 Å². The van der Waals surface area contributed by atoms with Crippen LogP contribution >= 0.6 is 11.3 Å². The van der Waals surface area contributed by atoms with Gasteiger partial charge in [0.25, 0.3) is 0 Å². The number of thiazole rings is 1. The van der Waals surface area contributed by atoms with Crippen LogP contribution in [-0.4, -0.2) is 11.5 Å². The highest BCUT2D eigenvalue weighted by Gasteiger charge is 2.08. The van der Waals surface area contributed by atoms with Crippen LogP contribution in [0.15, 0.2) is 23.6 Å². The van der Waals surface area contributed by atoms with Gasteiger partial charge in [0.2, 0.25) is 0 Å². The second kappa shape index (κ2) is 6.73. The summed E-state index contributed by atoms with van der Waals surface area (Å²) in [5, 5.41) is 6.09. The molecule has 102 valence electrons. The molecule has 0 aliphatic rings. The predicted octanol–water partition coefficient (Wildman–Crippen LogP) is 3.51. The fraction of sp³-hybridized carbons (Fsp3) is 0.357. The molecule has 0 bridgehead atoms. The number of halogens is 2. The normalized spacial score (nSPS) is 10.9. The van der Waals surface area contributed by atoms with Gasteiger partial charge < -0.3 is 5.32 Å². The zero-order chi connectivity index (χ0) is 13.7. The van der Waals surface area contributed by atoms with E-state index in [1.807, 2.05) is 5.38 Å². The Morgan fingerprint density at radius 2 is 2.16 bits per heavy atom. The van der Waals surface area contributed by atoms with Gasteiger partial charge in [0.15, 0.2) is 0 Å². The minimum atomic E-state index is -0.551. The molecule has 1 aromatic heterocycles. The maximum atomic E-state index is 13.5. The second-order valence-corrected chi connectivity index (χ2v) is 5.26. The van der Waals surface area contributed by atoms with Crippen molar-refractivity contribution in [2.24, 2.45) is 0 Å². The van der Waals surface area contributed by atoms with E-state index in [0.29, 0.717) is 12.0 Å². The molecule has 1 N–H and O–H groups in total. The van der Waals surface area contributed by atoms with E-state index in [1.54, 1.807) is 0 Å². The van der Waals surface area contributed by atoms with Gasteiger partial charge in [-0.3, -0.25) is 0 Å². The summed E-state index contributed by atoms with van der Waals surface area (Å²) in [6.07, 6.45) is 1.49. The summed E-state index contributed by atoms with van der Waals surface area (Å²) in [5.74, 6) is -1.06. The molecule has 1 aromatic carbocycles. The van der Waals surface area contributed by atoms with E-state index in [9.17, 15) is 8.78 Å². The summed E-state index contributed by atoms with van der Waals surface area (Å²) in [5.41, 5.74) is 1.44. The second-order valence-electron chi connectivity index (χ2n) is 4.32. The Balaban J connectivity index is 1.99. The Morgan fingerprint density at radius 1 is 1.32 bits per heavy atom. The molecule has 0 aliphatic heterocycles. The smallest absolute Gasteiger partial charge is 0.129 e. The molecule has 0 radical (unpaired) electrons. The summed E-state index contributed by atoms with van der Waals surface area (Å²) in [4.78, 5) is 4.44. The third-order valence-corrected chi connectivity index (χ3v) is 3.59. The van der Waals surface area contributed by atoms with Crippen LogP contribution in [0.3, 0.4) is 0 Å². The van der Waals surface area contributed by atoms with E-state index >= 15 is 0 Å². The minimum absolute atomic E-state index is 0.407. The predicted molar refractivity (Wildman–Crippen MR) is 73.3 cm³/mol. The number of nitrogens with one attached hydrogen (secondary N) is 1. The van der Waals surface area contributed by atoms with Crippen molar-refractivity contribution in [2.75, 3.05) is 6.54 Å². The standard InChI is InChI=1S/C14H16F2N2S/c1-2-5-17-8-12-9-19-14(18-12)6-10-3-4-11(15)7-13(10)16/h3-4,7,9,17H,2,5-6,8H2,1H3. The number of rotatable bonds is 6. The molecule has 0 saturated carbocycles. The molecule has 0 fully saturated rings. The van der Waals surface area contributed by atoms with Crippen LogP contribution in [0, 0.1) is 11.6 Å². The van der Waals surface area contributed by atoms with Gasteiger partial charge in [-0.15, -0.1) is 11.3 Å². The van der Waals surface area contributed by atoms with Gasteiger partial charge in [0, 0.05) is 24.4 Å². The molecule has 0 spiro atoms. The lowest BCUT2D eigenvalue weighted by Crippen LogP contribution is -2.13. The molecule has 2 aromatic rings. The monoisotopic (exact) mass is 282 g/mol. The van der Waals surface area contributed by atoms with E-state index in [-0.39, 0.29) is 0 Å². The lowest BCUT2D eigenvalue weighted by Gasteiger charge is -2.01. The van der Waals surface area contributed by atoms with Gasteiger partial charge >= 0.3 is 0 Å². The molecule has 5 heteroatoms. The molecule has 0 saturated heterocycles. The highest BCUT2D eigenvalue weighted by Crippen LogP contribution is 2.17. The van der Waals surface area contributed by atoms with Gasteiger partial charge in [-0.05, 0) is 24.6 Å².